The molecule has 0 bridgehead atoms. The van der Waals surface area contributed by atoms with Gasteiger partial charge >= 0.3 is 0 Å². The van der Waals surface area contributed by atoms with Crippen LogP contribution in [0.25, 0.3) is 0 Å². The molecule has 0 radical (unpaired) electrons. The van der Waals surface area contributed by atoms with Crippen LogP contribution in [-0.2, 0) is 0 Å². The number of aromatic hydroxyl groups is 1. The summed E-state index contributed by atoms with van der Waals surface area (Å²) in [6, 6.07) is 8.71. The number of phenolic OH excluding ortho intramolecular Hbond substituents is 1. The number of rotatable bonds is 5. The van der Waals surface area contributed by atoms with Crippen molar-refractivity contribution in [2.75, 3.05) is 13.2 Å². The van der Waals surface area contributed by atoms with Gasteiger partial charge in [-0.1, -0.05) is 18.2 Å². The van der Waals surface area contributed by atoms with Gasteiger partial charge in [-0.3, -0.25) is 0 Å². The second kappa shape index (κ2) is 9.68. The molecule has 1 aromatic rings. The monoisotopic (exact) mass is 276 g/mol. The van der Waals surface area contributed by atoms with E-state index in [1.165, 1.54) is 0 Å². The molecule has 0 saturated heterocycles. The van der Waals surface area contributed by atoms with Crippen LogP contribution >= 0.6 is 0 Å². The summed E-state index contributed by atoms with van der Waals surface area (Å²) in [6.07, 6.45) is -6.39. The minimum absolute atomic E-state index is 0.322. The lowest BCUT2D eigenvalue weighted by molar-refractivity contribution is -0.123. The van der Waals surface area contributed by atoms with Crippen LogP contribution in [0, 0.1) is 0 Å². The van der Waals surface area contributed by atoms with E-state index in [0.717, 1.165) is 0 Å². The van der Waals surface area contributed by atoms with Gasteiger partial charge in [0.25, 0.3) is 0 Å². The number of para-hydroxylation sites is 1. The Balaban J connectivity index is 0.000000388. The Morgan fingerprint density at radius 2 is 1.11 bits per heavy atom. The largest absolute Gasteiger partial charge is 0.508 e. The average molecular weight is 276 g/mol. The van der Waals surface area contributed by atoms with E-state index in [4.69, 9.17) is 35.7 Å². The first-order valence-electron chi connectivity index (χ1n) is 5.62. The Morgan fingerprint density at radius 3 is 1.32 bits per heavy atom. The highest BCUT2D eigenvalue weighted by Crippen LogP contribution is 2.04. The molecule has 7 N–H and O–H groups in total. The van der Waals surface area contributed by atoms with Crippen molar-refractivity contribution >= 4 is 0 Å². The van der Waals surface area contributed by atoms with E-state index in [1.807, 2.05) is 6.07 Å². The third-order valence-electron chi connectivity index (χ3n) is 2.27. The van der Waals surface area contributed by atoms with E-state index in [1.54, 1.807) is 24.3 Å². The van der Waals surface area contributed by atoms with Gasteiger partial charge in [-0.2, -0.15) is 0 Å². The van der Waals surface area contributed by atoms with Gasteiger partial charge < -0.3 is 35.7 Å². The molecular formula is C12H20O7. The fourth-order valence-corrected chi connectivity index (χ4v) is 1.10. The van der Waals surface area contributed by atoms with Crippen molar-refractivity contribution in [3.63, 3.8) is 0 Å². The standard InChI is InChI=1S/C6H14O6.C6H6O/c7-1-3(9)5(11)6(12)4(10)2-8;7-6-4-2-1-3-5-6/h3-12H,1-2H2;1-5,7H/t3-,4+,5-,6-;/m1./s1. The summed E-state index contributed by atoms with van der Waals surface area (Å²) in [4.78, 5) is 0. The molecule has 0 aliphatic rings. The molecule has 0 aliphatic heterocycles. The number of hydrogen-bond acceptors (Lipinski definition) is 7. The van der Waals surface area contributed by atoms with E-state index < -0.39 is 37.6 Å². The first-order valence-corrected chi connectivity index (χ1v) is 5.62. The molecule has 4 atom stereocenters. The molecule has 0 aliphatic carbocycles. The Labute approximate surface area is 110 Å². The summed E-state index contributed by atoms with van der Waals surface area (Å²) in [6.45, 7) is -1.45. The summed E-state index contributed by atoms with van der Waals surface area (Å²) in [7, 11) is 0. The number of aliphatic hydroxyl groups is 6. The summed E-state index contributed by atoms with van der Waals surface area (Å²) in [5.74, 6) is 0.322. The van der Waals surface area contributed by atoms with Crippen molar-refractivity contribution in [1.82, 2.24) is 0 Å². The normalized spacial score (nSPS) is 16.7. The maximum atomic E-state index is 8.96. The summed E-state index contributed by atoms with van der Waals surface area (Å²) in [5, 5.41) is 60.8. The third kappa shape index (κ3) is 7.06. The second-order valence-corrected chi connectivity index (χ2v) is 3.82. The van der Waals surface area contributed by atoms with Gasteiger partial charge in [0.2, 0.25) is 0 Å². The van der Waals surface area contributed by atoms with Crippen LogP contribution in [0.5, 0.6) is 5.75 Å². The van der Waals surface area contributed by atoms with Crippen molar-refractivity contribution in [2.45, 2.75) is 24.4 Å². The first kappa shape index (κ1) is 17.8. The summed E-state index contributed by atoms with van der Waals surface area (Å²) >= 11 is 0. The minimum Gasteiger partial charge on any atom is -0.508 e. The zero-order valence-electron chi connectivity index (χ0n) is 10.2. The Bertz CT molecular complexity index is 305. The lowest BCUT2D eigenvalue weighted by Crippen LogP contribution is -2.46. The van der Waals surface area contributed by atoms with Gasteiger partial charge in [0.05, 0.1) is 13.2 Å². The van der Waals surface area contributed by atoms with Crippen LogP contribution < -0.4 is 0 Å². The molecule has 0 saturated carbocycles. The molecular weight excluding hydrogens is 256 g/mol. The molecule has 1 rings (SSSR count). The van der Waals surface area contributed by atoms with Crippen molar-refractivity contribution in [3.05, 3.63) is 30.3 Å². The highest BCUT2D eigenvalue weighted by Gasteiger charge is 2.29. The van der Waals surface area contributed by atoms with E-state index in [-0.39, 0.29) is 0 Å². The van der Waals surface area contributed by atoms with Crippen LogP contribution in [0.4, 0.5) is 0 Å². The number of aliphatic hydroxyl groups excluding tert-OH is 6. The van der Waals surface area contributed by atoms with Crippen molar-refractivity contribution in [1.29, 1.82) is 0 Å². The van der Waals surface area contributed by atoms with Crippen LogP contribution in [0.3, 0.4) is 0 Å². The fraction of sp³-hybridized carbons (Fsp3) is 0.500. The van der Waals surface area contributed by atoms with E-state index in [9.17, 15) is 0 Å². The molecule has 0 heterocycles. The minimum atomic E-state index is -1.67. The first-order chi connectivity index (χ1) is 8.93. The average Bonchev–Trinajstić information content (AvgIpc) is 2.45. The highest BCUT2D eigenvalue weighted by molar-refractivity contribution is 5.18. The van der Waals surface area contributed by atoms with Gasteiger partial charge in [0, 0.05) is 0 Å². The van der Waals surface area contributed by atoms with Gasteiger partial charge in [-0.15, -0.1) is 0 Å². The topological polar surface area (TPSA) is 142 Å². The van der Waals surface area contributed by atoms with Crippen LogP contribution in [-0.4, -0.2) is 73.4 Å². The maximum absolute atomic E-state index is 8.96. The summed E-state index contributed by atoms with van der Waals surface area (Å²) < 4.78 is 0. The quantitative estimate of drug-likeness (QED) is 0.324. The van der Waals surface area contributed by atoms with Crippen LogP contribution in [0.2, 0.25) is 0 Å². The molecule has 110 valence electrons. The Hall–Kier alpha value is -1.22. The van der Waals surface area contributed by atoms with Crippen molar-refractivity contribution < 1.29 is 35.7 Å². The van der Waals surface area contributed by atoms with Crippen molar-refractivity contribution in [3.8, 4) is 5.75 Å². The molecule has 0 amide bonds. The lowest BCUT2D eigenvalue weighted by Gasteiger charge is -2.24. The summed E-state index contributed by atoms with van der Waals surface area (Å²) in [5.41, 5.74) is 0. The third-order valence-corrected chi connectivity index (χ3v) is 2.27. The zero-order valence-corrected chi connectivity index (χ0v) is 10.2. The lowest BCUT2D eigenvalue weighted by atomic mass is 10.0. The molecule has 7 heteroatoms. The van der Waals surface area contributed by atoms with Gasteiger partial charge in [-0.05, 0) is 12.1 Å². The van der Waals surface area contributed by atoms with Crippen LogP contribution in [0.15, 0.2) is 30.3 Å². The second-order valence-electron chi connectivity index (χ2n) is 3.82. The smallest absolute Gasteiger partial charge is 0.115 e. The van der Waals surface area contributed by atoms with E-state index >= 15 is 0 Å². The molecule has 19 heavy (non-hydrogen) atoms. The highest BCUT2D eigenvalue weighted by atomic mass is 16.4. The SMILES string of the molecule is OC[C@@H](O)[C@@H](O)[C@H](O)[C@@H](O)CO.Oc1ccccc1. The molecule has 0 spiro atoms. The Morgan fingerprint density at radius 1 is 0.737 bits per heavy atom. The fourth-order valence-electron chi connectivity index (χ4n) is 1.10. The zero-order chi connectivity index (χ0) is 14.8. The molecule has 7 nitrogen and oxygen atoms in total. The van der Waals surface area contributed by atoms with E-state index in [2.05, 4.69) is 0 Å². The predicted molar refractivity (Wildman–Crippen MR) is 66.3 cm³/mol. The van der Waals surface area contributed by atoms with Gasteiger partial charge in [-0.25, -0.2) is 0 Å². The molecule has 0 aromatic heterocycles. The molecule has 0 fully saturated rings. The number of benzene rings is 1. The van der Waals surface area contributed by atoms with Gasteiger partial charge in [0.15, 0.2) is 0 Å². The predicted octanol–water partition coefficient (Wildman–Crippen LogP) is -2.19. The molecule has 0 unspecified atom stereocenters. The van der Waals surface area contributed by atoms with Gasteiger partial charge in [0.1, 0.15) is 30.2 Å². The van der Waals surface area contributed by atoms with Crippen LogP contribution in [0.1, 0.15) is 0 Å². The molecule has 1 aromatic carbocycles. The number of phenols is 1. The Kier molecular flexibility index (Phi) is 9.06. The van der Waals surface area contributed by atoms with E-state index in [0.29, 0.717) is 5.75 Å². The van der Waals surface area contributed by atoms with Crippen molar-refractivity contribution in [2.24, 2.45) is 0 Å². The maximum Gasteiger partial charge on any atom is 0.115 e. The number of hydrogen-bond donors (Lipinski definition) is 7.